The number of hydrogen-bond acceptors (Lipinski definition) is 3. The average Bonchev–Trinajstić information content (AvgIpc) is 2.53. The fourth-order valence-corrected chi connectivity index (χ4v) is 2.50. The van der Waals surface area contributed by atoms with Crippen LogP contribution in [0.4, 0.5) is 17.6 Å². The maximum Gasteiger partial charge on any atom is 0.419 e. The van der Waals surface area contributed by atoms with Gasteiger partial charge in [-0.1, -0.05) is 13.3 Å². The molecule has 1 aromatic carbocycles. The van der Waals surface area contributed by atoms with Gasteiger partial charge in [-0.3, -0.25) is 4.79 Å². The number of unbranched alkanes of at least 4 members (excludes halogenated alkanes) is 1. The first kappa shape index (κ1) is 19.0. The number of halogens is 4. The standard InChI is InChI=1S/C17H17F4NO3/c1-3-5-6-22-9-11(16(24)25-4-2)15(23)10-7-13(18)12(8-14(10)22)17(19,20)21/h7-9H,3-6H2,1-2H3. The number of carbonyl (C=O) groups excluding carboxylic acids is 1. The Hall–Kier alpha value is -2.38. The normalized spacial score (nSPS) is 11.8. The van der Waals surface area contributed by atoms with E-state index < -0.39 is 29.0 Å². The van der Waals surface area contributed by atoms with Crippen LogP contribution in [0.3, 0.4) is 0 Å². The highest BCUT2D eigenvalue weighted by atomic mass is 19.4. The molecule has 0 saturated heterocycles. The molecule has 0 atom stereocenters. The lowest BCUT2D eigenvalue weighted by Gasteiger charge is -2.15. The Morgan fingerprint density at radius 2 is 1.92 bits per heavy atom. The summed E-state index contributed by atoms with van der Waals surface area (Å²) in [4.78, 5) is 24.4. The van der Waals surface area contributed by atoms with Gasteiger partial charge in [0.2, 0.25) is 5.43 Å². The van der Waals surface area contributed by atoms with E-state index >= 15 is 0 Å². The maximum atomic E-state index is 13.9. The van der Waals surface area contributed by atoms with E-state index in [1.807, 2.05) is 6.92 Å². The van der Waals surface area contributed by atoms with Crippen molar-refractivity contribution >= 4 is 16.9 Å². The molecule has 1 heterocycles. The number of pyridine rings is 1. The van der Waals surface area contributed by atoms with E-state index in [1.165, 1.54) is 10.8 Å². The van der Waals surface area contributed by atoms with Gasteiger partial charge in [-0.15, -0.1) is 0 Å². The summed E-state index contributed by atoms with van der Waals surface area (Å²) in [5, 5.41) is -0.285. The number of aryl methyl sites for hydroxylation is 1. The monoisotopic (exact) mass is 359 g/mol. The highest BCUT2D eigenvalue weighted by molar-refractivity contribution is 5.94. The van der Waals surface area contributed by atoms with E-state index in [-0.39, 0.29) is 29.6 Å². The lowest BCUT2D eigenvalue weighted by molar-refractivity contribution is -0.139. The van der Waals surface area contributed by atoms with Crippen LogP contribution in [0, 0.1) is 5.82 Å². The summed E-state index contributed by atoms with van der Waals surface area (Å²) in [6.07, 6.45) is -2.35. The maximum absolute atomic E-state index is 13.9. The largest absolute Gasteiger partial charge is 0.462 e. The molecule has 0 spiro atoms. The van der Waals surface area contributed by atoms with Gasteiger partial charge >= 0.3 is 12.1 Å². The van der Waals surface area contributed by atoms with Crippen molar-refractivity contribution in [3.63, 3.8) is 0 Å². The molecule has 2 rings (SSSR count). The minimum absolute atomic E-state index is 0.0344. The number of carbonyl (C=O) groups is 1. The van der Waals surface area contributed by atoms with Crippen molar-refractivity contribution < 1.29 is 27.1 Å². The Balaban J connectivity index is 2.80. The quantitative estimate of drug-likeness (QED) is 0.596. The molecule has 0 radical (unpaired) electrons. The second-order valence-electron chi connectivity index (χ2n) is 5.49. The van der Waals surface area contributed by atoms with Crippen molar-refractivity contribution in [3.8, 4) is 0 Å². The lowest BCUT2D eigenvalue weighted by atomic mass is 10.1. The van der Waals surface area contributed by atoms with Crippen molar-refractivity contribution in [1.82, 2.24) is 4.57 Å². The van der Waals surface area contributed by atoms with E-state index in [1.54, 1.807) is 6.92 Å². The Morgan fingerprint density at radius 1 is 1.24 bits per heavy atom. The second-order valence-corrected chi connectivity index (χ2v) is 5.49. The number of alkyl halides is 3. The van der Waals surface area contributed by atoms with Gasteiger partial charge in [-0.05, 0) is 25.5 Å². The molecule has 4 nitrogen and oxygen atoms in total. The molecule has 0 fully saturated rings. The van der Waals surface area contributed by atoms with Crippen LogP contribution in [0.5, 0.6) is 0 Å². The molecule has 0 aliphatic carbocycles. The van der Waals surface area contributed by atoms with Crippen LogP contribution in [0.1, 0.15) is 42.6 Å². The van der Waals surface area contributed by atoms with Crippen LogP contribution < -0.4 is 5.43 Å². The zero-order valence-electron chi connectivity index (χ0n) is 13.7. The Bertz CT molecular complexity index is 856. The number of aromatic nitrogens is 1. The second kappa shape index (κ2) is 7.25. The minimum Gasteiger partial charge on any atom is -0.462 e. The van der Waals surface area contributed by atoms with Crippen LogP contribution in [0.2, 0.25) is 0 Å². The number of ether oxygens (including phenoxy) is 1. The summed E-state index contributed by atoms with van der Waals surface area (Å²) in [6.45, 7) is 3.76. The van der Waals surface area contributed by atoms with Crippen LogP contribution in [0.25, 0.3) is 10.9 Å². The zero-order chi connectivity index (χ0) is 18.8. The smallest absolute Gasteiger partial charge is 0.419 e. The van der Waals surface area contributed by atoms with E-state index in [4.69, 9.17) is 4.74 Å². The Labute approximate surface area is 141 Å². The molecular formula is C17H17F4NO3. The van der Waals surface area contributed by atoms with E-state index in [0.717, 1.165) is 6.42 Å². The summed E-state index contributed by atoms with van der Waals surface area (Å²) in [5.41, 5.74) is -2.70. The first-order valence-corrected chi connectivity index (χ1v) is 7.81. The number of fused-ring (bicyclic) bond motifs is 1. The number of rotatable bonds is 5. The van der Waals surface area contributed by atoms with Gasteiger partial charge < -0.3 is 9.30 Å². The van der Waals surface area contributed by atoms with Crippen molar-refractivity contribution in [2.24, 2.45) is 0 Å². The van der Waals surface area contributed by atoms with Crippen molar-refractivity contribution in [1.29, 1.82) is 0 Å². The van der Waals surface area contributed by atoms with Crippen LogP contribution in [-0.2, 0) is 17.5 Å². The molecular weight excluding hydrogens is 342 g/mol. The fraction of sp³-hybridized carbons (Fsp3) is 0.412. The average molecular weight is 359 g/mol. The molecule has 0 bridgehead atoms. The summed E-state index contributed by atoms with van der Waals surface area (Å²) >= 11 is 0. The van der Waals surface area contributed by atoms with E-state index in [9.17, 15) is 27.2 Å². The van der Waals surface area contributed by atoms with Gasteiger partial charge in [0.15, 0.2) is 0 Å². The molecule has 25 heavy (non-hydrogen) atoms. The Kier molecular flexibility index (Phi) is 5.49. The summed E-state index contributed by atoms with van der Waals surface area (Å²) in [7, 11) is 0. The first-order valence-electron chi connectivity index (χ1n) is 7.81. The third-order valence-corrected chi connectivity index (χ3v) is 3.72. The zero-order valence-corrected chi connectivity index (χ0v) is 13.7. The van der Waals surface area contributed by atoms with E-state index in [0.29, 0.717) is 18.6 Å². The molecule has 0 aliphatic rings. The van der Waals surface area contributed by atoms with Crippen LogP contribution in [0.15, 0.2) is 23.1 Å². The summed E-state index contributed by atoms with van der Waals surface area (Å²) in [6, 6.07) is 1.14. The van der Waals surface area contributed by atoms with Gasteiger partial charge in [-0.2, -0.15) is 13.2 Å². The number of nitrogens with zero attached hydrogens (tertiary/aromatic N) is 1. The van der Waals surface area contributed by atoms with Crippen molar-refractivity contribution in [2.75, 3.05) is 6.61 Å². The fourth-order valence-electron chi connectivity index (χ4n) is 2.50. The summed E-state index contributed by atoms with van der Waals surface area (Å²) in [5.74, 6) is -2.44. The van der Waals surface area contributed by atoms with Crippen molar-refractivity contribution in [3.05, 3.63) is 45.5 Å². The number of esters is 1. The molecule has 8 heteroatoms. The van der Waals surface area contributed by atoms with Gasteiger partial charge in [0.05, 0.1) is 17.7 Å². The first-order chi connectivity index (χ1) is 11.7. The highest BCUT2D eigenvalue weighted by Gasteiger charge is 2.35. The molecule has 0 N–H and O–H groups in total. The molecule has 0 aliphatic heterocycles. The molecule has 1 aromatic heterocycles. The molecule has 2 aromatic rings. The third kappa shape index (κ3) is 3.83. The molecule has 136 valence electrons. The minimum atomic E-state index is -4.89. The van der Waals surface area contributed by atoms with Gasteiger partial charge in [0.1, 0.15) is 11.4 Å². The Morgan fingerprint density at radius 3 is 2.48 bits per heavy atom. The number of benzene rings is 1. The van der Waals surface area contributed by atoms with Crippen LogP contribution >= 0.6 is 0 Å². The van der Waals surface area contributed by atoms with Crippen LogP contribution in [-0.4, -0.2) is 17.1 Å². The molecule has 0 unspecified atom stereocenters. The summed E-state index contributed by atoms with van der Waals surface area (Å²) < 4.78 is 58.9. The van der Waals surface area contributed by atoms with Crippen molar-refractivity contribution in [2.45, 2.75) is 39.4 Å². The predicted molar refractivity (Wildman–Crippen MR) is 84.0 cm³/mol. The topological polar surface area (TPSA) is 48.3 Å². The predicted octanol–water partition coefficient (Wildman–Crippen LogP) is 4.14. The highest BCUT2D eigenvalue weighted by Crippen LogP contribution is 2.33. The molecule has 0 amide bonds. The van der Waals surface area contributed by atoms with Gasteiger partial charge in [-0.25, -0.2) is 9.18 Å². The van der Waals surface area contributed by atoms with E-state index in [2.05, 4.69) is 0 Å². The molecule has 0 saturated carbocycles. The third-order valence-electron chi connectivity index (χ3n) is 3.72. The number of hydrogen-bond donors (Lipinski definition) is 0. The lowest BCUT2D eigenvalue weighted by Crippen LogP contribution is -2.22. The van der Waals surface area contributed by atoms with Gasteiger partial charge in [0.25, 0.3) is 0 Å². The van der Waals surface area contributed by atoms with Gasteiger partial charge in [0, 0.05) is 18.1 Å². The SMILES string of the molecule is CCCCn1cc(C(=O)OCC)c(=O)c2cc(F)c(C(F)(F)F)cc21.